The Bertz CT molecular complexity index is 11.6. The van der Waals surface area contributed by atoms with E-state index in [-0.39, 0.29) is 111 Å². The van der Waals surface area contributed by atoms with E-state index in [1.807, 2.05) is 0 Å². The second-order valence-electron chi connectivity index (χ2n) is 0. The van der Waals surface area contributed by atoms with Crippen LogP contribution in [-0.4, -0.2) is 111 Å². The van der Waals surface area contributed by atoms with E-state index in [0.29, 0.717) is 0 Å². The molecule has 0 nitrogen and oxygen atoms in total. The summed E-state index contributed by atoms with van der Waals surface area (Å²) >= 11 is 0. The topological polar surface area (TPSA) is 0 Å². The van der Waals surface area contributed by atoms with E-state index < -0.39 is 0 Å². The average Bonchev–Trinajstić information content (AvgIpc) is 0. The first-order valence-electron chi connectivity index (χ1n) is 0. The van der Waals surface area contributed by atoms with Crippen molar-refractivity contribution in [2.75, 3.05) is 0 Å². The summed E-state index contributed by atoms with van der Waals surface area (Å²) in [5.41, 5.74) is 0. The van der Waals surface area contributed by atoms with Gasteiger partial charge >= 0.3 is 0 Å². The van der Waals surface area contributed by atoms with Crippen LogP contribution in [-0.2, 0) is 0 Å². The van der Waals surface area contributed by atoms with Gasteiger partial charge in [-0.15, -0.1) is 0 Å². The molecule has 0 amide bonds. The molecule has 0 aliphatic rings. The molecule has 0 N–H and O–H groups in total. The van der Waals surface area contributed by atoms with Gasteiger partial charge < -0.3 is 0 Å². The number of hydrogen-bond donors (Lipinski definition) is 0. The maximum atomic E-state index is 0. The second kappa shape index (κ2) is 25.5. The SMILES string of the molecule is [As].[Pb].[Sb].[Se].[Sn]. The van der Waals surface area contributed by atoms with E-state index in [9.17, 15) is 0 Å². The molecule has 0 fully saturated rings. The van der Waals surface area contributed by atoms with Crippen LogP contribution in [0.4, 0.5) is 0 Å². The minimum Gasteiger partial charge on any atom is 0 e. The van der Waals surface area contributed by atoms with Crippen LogP contribution in [0.2, 0.25) is 0 Å². The zero-order valence-electron chi connectivity index (χ0n) is 2.30. The molecule has 0 atom stereocenters. The van der Waals surface area contributed by atoms with Gasteiger partial charge in [0.15, 0.2) is 0 Å². The number of hydrogen-bond acceptors (Lipinski definition) is 0. The molecule has 0 unspecified atom stereocenters. The fourth-order valence-electron chi connectivity index (χ4n) is 0. The van der Waals surface area contributed by atoms with E-state index in [4.69, 9.17) is 0 Å². The summed E-state index contributed by atoms with van der Waals surface area (Å²) in [5, 5.41) is 0. The van der Waals surface area contributed by atoms with E-state index in [0.717, 1.165) is 0 Å². The maximum Gasteiger partial charge on any atom is 0 e. The van der Waals surface area contributed by atoms with Gasteiger partial charge in [0.05, 0.1) is 0 Å². The molecule has 5 heavy (non-hydrogen) atoms. The first-order valence-corrected chi connectivity index (χ1v) is 0. The molecule has 0 heterocycles. The Hall–Kier alpha value is 3.62. The summed E-state index contributed by atoms with van der Waals surface area (Å²) in [7, 11) is 0. The molecule has 0 saturated carbocycles. The third kappa shape index (κ3) is 18.4. The standard InChI is InChI=1S/As.Pb.Sb.Se.Sn. The quantitative estimate of drug-likeness (QED) is 0.285. The van der Waals surface area contributed by atoms with Crippen molar-refractivity contribution in [1.29, 1.82) is 0 Å². The molecule has 0 saturated heterocycles. The Morgan fingerprint density at radius 1 is 1.00 bits per heavy atom. The summed E-state index contributed by atoms with van der Waals surface area (Å²) < 4.78 is 0. The molecule has 0 aromatic rings. The summed E-state index contributed by atoms with van der Waals surface area (Å²) in [5.74, 6) is 0. The fraction of sp³-hybridized carbons (Fsp3) is 0. The minimum atomic E-state index is 0. The molecule has 5 heteroatoms. The fourth-order valence-corrected chi connectivity index (χ4v) is 0. The Labute approximate surface area is 108 Å². The second-order valence-corrected chi connectivity index (χ2v) is 0. The average molecular weight is 602 g/mol. The first kappa shape index (κ1) is 38.2. The summed E-state index contributed by atoms with van der Waals surface area (Å²) in [6.45, 7) is 0. The van der Waals surface area contributed by atoms with Crippen LogP contribution < -0.4 is 0 Å². The van der Waals surface area contributed by atoms with Gasteiger partial charge in [0.25, 0.3) is 0 Å². The van der Waals surface area contributed by atoms with Crippen molar-refractivity contribution in [2.45, 2.75) is 0 Å². The zero-order valence-corrected chi connectivity index (χ0v) is 15.2. The molecule has 16 radical (unpaired) electrons. The van der Waals surface area contributed by atoms with Gasteiger partial charge in [0.1, 0.15) is 0 Å². The van der Waals surface area contributed by atoms with Crippen LogP contribution in [0, 0.1) is 0 Å². The number of rotatable bonds is 0. The Kier molecular flexibility index (Phi) is 195. The molecule has 0 aromatic carbocycles. The molecule has 0 rings (SSSR count). The summed E-state index contributed by atoms with van der Waals surface area (Å²) in [6.07, 6.45) is 0. The van der Waals surface area contributed by atoms with Gasteiger partial charge in [-0.2, -0.15) is 0 Å². The van der Waals surface area contributed by atoms with Crippen molar-refractivity contribution in [3.63, 3.8) is 0 Å². The third-order valence-electron chi connectivity index (χ3n) is 0. The largest absolute Gasteiger partial charge is 0 e. The smallest absolute Gasteiger partial charge is 0 e. The molecule has 24 valence electrons. The van der Waals surface area contributed by atoms with Crippen molar-refractivity contribution >= 4 is 111 Å². The van der Waals surface area contributed by atoms with Gasteiger partial charge in [0.2, 0.25) is 0 Å². The van der Waals surface area contributed by atoms with Crippen LogP contribution in [0.25, 0.3) is 0 Å². The molecule has 0 aromatic heterocycles. The molecule has 0 spiro atoms. The predicted molar refractivity (Wildman–Crippen MR) is 28.8 cm³/mol. The van der Waals surface area contributed by atoms with E-state index in [2.05, 4.69) is 0 Å². The molecular formula is AsPbSbSeSn. The molecule has 0 aliphatic carbocycles. The van der Waals surface area contributed by atoms with Gasteiger partial charge in [-0.1, -0.05) is 0 Å². The van der Waals surface area contributed by atoms with E-state index in [1.54, 1.807) is 0 Å². The van der Waals surface area contributed by atoms with Gasteiger partial charge in [-0.25, -0.2) is 0 Å². The monoisotopic (exact) mass is 604 g/mol. The van der Waals surface area contributed by atoms with Crippen molar-refractivity contribution in [3.8, 4) is 0 Å². The van der Waals surface area contributed by atoms with Crippen molar-refractivity contribution in [2.24, 2.45) is 0 Å². The Morgan fingerprint density at radius 2 is 1.00 bits per heavy atom. The Balaban J connectivity index is 0. The van der Waals surface area contributed by atoms with Crippen LogP contribution in [0.1, 0.15) is 0 Å². The predicted octanol–water partition coefficient (Wildman–Crippen LogP) is -1.90. The summed E-state index contributed by atoms with van der Waals surface area (Å²) in [6, 6.07) is 0. The summed E-state index contributed by atoms with van der Waals surface area (Å²) in [4.78, 5) is 0. The zero-order chi connectivity index (χ0) is 0. The molecule has 0 aliphatic heterocycles. The van der Waals surface area contributed by atoms with Crippen molar-refractivity contribution < 1.29 is 0 Å². The maximum absolute atomic E-state index is 0. The van der Waals surface area contributed by atoms with Crippen molar-refractivity contribution in [1.82, 2.24) is 0 Å². The Morgan fingerprint density at radius 3 is 1.00 bits per heavy atom. The van der Waals surface area contributed by atoms with Crippen LogP contribution in [0.3, 0.4) is 0 Å². The van der Waals surface area contributed by atoms with Crippen LogP contribution in [0.5, 0.6) is 0 Å². The first-order chi connectivity index (χ1) is 0. The molecule has 0 bridgehead atoms. The van der Waals surface area contributed by atoms with Gasteiger partial charge in [0, 0.05) is 111 Å². The van der Waals surface area contributed by atoms with Crippen molar-refractivity contribution in [3.05, 3.63) is 0 Å². The van der Waals surface area contributed by atoms with Gasteiger partial charge in [-0.05, 0) is 0 Å². The van der Waals surface area contributed by atoms with Gasteiger partial charge in [-0.3, -0.25) is 0 Å². The normalized spacial score (nSPS) is 0. The third-order valence-corrected chi connectivity index (χ3v) is 0. The minimum absolute atomic E-state index is 0. The van der Waals surface area contributed by atoms with Crippen LogP contribution >= 0.6 is 0 Å². The van der Waals surface area contributed by atoms with E-state index >= 15 is 0 Å². The molecular weight excluding hydrogens is 602 g/mol. The van der Waals surface area contributed by atoms with E-state index in [1.165, 1.54) is 0 Å². The van der Waals surface area contributed by atoms with Crippen LogP contribution in [0.15, 0.2) is 0 Å².